The minimum absolute atomic E-state index is 0.0504. The molecule has 0 heterocycles. The third kappa shape index (κ3) is 5.11. The fraction of sp³-hybridized carbons (Fsp3) is 0.143. The van der Waals surface area contributed by atoms with Gasteiger partial charge in [-0.2, -0.15) is 8.42 Å². The predicted octanol–water partition coefficient (Wildman–Crippen LogP) is 3.05. The van der Waals surface area contributed by atoms with Crippen molar-refractivity contribution in [3.63, 3.8) is 0 Å². The Morgan fingerprint density at radius 2 is 1.33 bits per heavy atom. The van der Waals surface area contributed by atoms with E-state index in [0.29, 0.717) is 0 Å². The monoisotopic (exact) mass is 354 g/mol. The maximum atomic E-state index is 10.7. The molecule has 0 bridgehead atoms. The fourth-order valence-corrected chi connectivity index (χ4v) is 2.21. The topological polar surface area (TPSA) is 141 Å². The minimum atomic E-state index is -4.04. The van der Waals surface area contributed by atoms with Gasteiger partial charge in [0.05, 0.1) is 14.7 Å². The van der Waals surface area contributed by atoms with Crippen LogP contribution in [0.15, 0.2) is 47.4 Å². The van der Waals surface area contributed by atoms with Crippen LogP contribution in [0.5, 0.6) is 0 Å². The Balaban J connectivity index is 0.000000240. The van der Waals surface area contributed by atoms with Gasteiger partial charge in [-0.15, -0.1) is 0 Å². The molecule has 0 aliphatic carbocycles. The Morgan fingerprint density at radius 1 is 0.875 bits per heavy atom. The van der Waals surface area contributed by atoms with Crippen LogP contribution in [0, 0.1) is 34.1 Å². The van der Waals surface area contributed by atoms with Crippen molar-refractivity contribution in [2.45, 2.75) is 18.7 Å². The number of hydrogen-bond acceptors (Lipinski definition) is 6. The highest BCUT2D eigenvalue weighted by Crippen LogP contribution is 2.24. The molecular formula is C14H14N2O7S. The molecule has 9 nitrogen and oxygen atoms in total. The van der Waals surface area contributed by atoms with Crippen molar-refractivity contribution in [2.24, 2.45) is 0 Å². The van der Waals surface area contributed by atoms with Crippen molar-refractivity contribution >= 4 is 21.5 Å². The molecule has 0 aliphatic rings. The molecule has 0 aromatic heterocycles. The number of nitro groups is 2. The smallest absolute Gasteiger partial charge is 0.282 e. The zero-order chi connectivity index (χ0) is 18.5. The SMILES string of the molecule is Cc1ccc(S(=O)(=O)O)cc1C.O=[N+]([O-])c1ccccc1[N+](=O)[O-]. The van der Waals surface area contributed by atoms with Gasteiger partial charge in [-0.05, 0) is 37.1 Å². The first-order chi connectivity index (χ1) is 11.0. The molecule has 24 heavy (non-hydrogen) atoms. The van der Waals surface area contributed by atoms with Crippen LogP contribution in [-0.2, 0) is 10.1 Å². The Labute approximate surface area is 137 Å². The van der Waals surface area contributed by atoms with E-state index in [9.17, 15) is 28.6 Å². The largest absolute Gasteiger partial charge is 0.346 e. The zero-order valence-corrected chi connectivity index (χ0v) is 13.6. The van der Waals surface area contributed by atoms with Crippen molar-refractivity contribution in [1.29, 1.82) is 0 Å². The summed E-state index contributed by atoms with van der Waals surface area (Å²) in [6.45, 7) is 3.67. The van der Waals surface area contributed by atoms with E-state index in [2.05, 4.69) is 0 Å². The zero-order valence-electron chi connectivity index (χ0n) is 12.7. The summed E-state index contributed by atoms with van der Waals surface area (Å²) in [6, 6.07) is 9.45. The maximum absolute atomic E-state index is 10.7. The predicted molar refractivity (Wildman–Crippen MR) is 85.5 cm³/mol. The summed E-state index contributed by atoms with van der Waals surface area (Å²) in [5, 5.41) is 20.5. The molecule has 128 valence electrons. The normalized spacial score (nSPS) is 10.5. The van der Waals surface area contributed by atoms with E-state index >= 15 is 0 Å². The van der Waals surface area contributed by atoms with Gasteiger partial charge in [-0.3, -0.25) is 24.8 Å². The summed E-state index contributed by atoms with van der Waals surface area (Å²) < 4.78 is 30.0. The Morgan fingerprint density at radius 3 is 1.67 bits per heavy atom. The highest BCUT2D eigenvalue weighted by Gasteiger charge is 2.21. The summed E-state index contributed by atoms with van der Waals surface area (Å²) in [6.07, 6.45) is 0. The summed E-state index contributed by atoms with van der Waals surface area (Å²) >= 11 is 0. The molecule has 2 aromatic rings. The average Bonchev–Trinajstić information content (AvgIpc) is 2.49. The minimum Gasteiger partial charge on any atom is -0.282 e. The van der Waals surface area contributed by atoms with E-state index in [4.69, 9.17) is 4.55 Å². The Kier molecular flexibility index (Phi) is 6.09. The van der Waals surface area contributed by atoms with Crippen LogP contribution < -0.4 is 0 Å². The van der Waals surface area contributed by atoms with Crippen LogP contribution in [0.1, 0.15) is 11.1 Å². The van der Waals surface area contributed by atoms with Gasteiger partial charge in [-0.1, -0.05) is 18.2 Å². The number of aryl methyl sites for hydroxylation is 2. The molecule has 0 saturated carbocycles. The van der Waals surface area contributed by atoms with E-state index in [1.54, 1.807) is 13.0 Å². The third-order valence-corrected chi connectivity index (χ3v) is 3.90. The van der Waals surface area contributed by atoms with E-state index in [-0.39, 0.29) is 4.90 Å². The number of para-hydroxylation sites is 2. The first-order valence-corrected chi connectivity index (χ1v) is 7.90. The van der Waals surface area contributed by atoms with Gasteiger partial charge in [0.25, 0.3) is 10.1 Å². The number of rotatable bonds is 3. The molecule has 0 atom stereocenters. The lowest BCUT2D eigenvalue weighted by Crippen LogP contribution is -1.98. The molecule has 0 spiro atoms. The molecule has 0 aliphatic heterocycles. The lowest BCUT2D eigenvalue weighted by atomic mass is 10.1. The standard InChI is InChI=1S/C8H10O3S.C6H4N2O4/c1-6-3-4-8(5-7(6)2)12(9,10)11;9-7(10)5-3-1-2-4-6(5)8(11)12/h3-5H,1-2H3,(H,9,10,11);1-4H. The van der Waals surface area contributed by atoms with E-state index in [0.717, 1.165) is 23.3 Å². The maximum Gasteiger partial charge on any atom is 0.346 e. The molecule has 0 saturated heterocycles. The molecule has 0 unspecified atom stereocenters. The van der Waals surface area contributed by atoms with Crippen molar-refractivity contribution < 1.29 is 22.8 Å². The lowest BCUT2D eigenvalue weighted by molar-refractivity contribution is -0.422. The lowest BCUT2D eigenvalue weighted by Gasteiger charge is -2.01. The third-order valence-electron chi connectivity index (χ3n) is 3.05. The Bertz CT molecular complexity index is 845. The quantitative estimate of drug-likeness (QED) is 0.507. The van der Waals surface area contributed by atoms with E-state index in [1.165, 1.54) is 24.3 Å². The van der Waals surface area contributed by atoms with Gasteiger partial charge in [0.15, 0.2) is 0 Å². The molecule has 2 rings (SSSR count). The second kappa shape index (κ2) is 7.62. The van der Waals surface area contributed by atoms with Crippen molar-refractivity contribution in [3.05, 3.63) is 73.8 Å². The van der Waals surface area contributed by atoms with Gasteiger partial charge in [0.1, 0.15) is 0 Å². The highest BCUT2D eigenvalue weighted by molar-refractivity contribution is 7.85. The number of benzene rings is 2. The molecule has 1 N–H and O–H groups in total. The van der Waals surface area contributed by atoms with Crippen molar-refractivity contribution in [3.8, 4) is 0 Å². The van der Waals surface area contributed by atoms with Crippen LogP contribution in [0.4, 0.5) is 11.4 Å². The molecule has 0 radical (unpaired) electrons. The molecule has 0 fully saturated rings. The van der Waals surface area contributed by atoms with Crippen LogP contribution in [0.2, 0.25) is 0 Å². The van der Waals surface area contributed by atoms with Gasteiger partial charge in [0.2, 0.25) is 0 Å². The second-order valence-electron chi connectivity index (χ2n) is 4.72. The average molecular weight is 354 g/mol. The molecule has 10 heteroatoms. The van der Waals surface area contributed by atoms with E-state index < -0.39 is 31.3 Å². The first kappa shape index (κ1) is 19.2. The Hall–Kier alpha value is -2.85. The summed E-state index contributed by atoms with van der Waals surface area (Å²) in [5.74, 6) is 0. The number of nitrogens with zero attached hydrogens (tertiary/aromatic N) is 2. The van der Waals surface area contributed by atoms with Crippen LogP contribution in [0.3, 0.4) is 0 Å². The first-order valence-electron chi connectivity index (χ1n) is 6.46. The molecule has 0 amide bonds. The van der Waals surface area contributed by atoms with Crippen LogP contribution >= 0.6 is 0 Å². The summed E-state index contributed by atoms with van der Waals surface area (Å²) in [7, 11) is -4.04. The summed E-state index contributed by atoms with van der Waals surface area (Å²) in [4.78, 5) is 18.8. The molecular weight excluding hydrogens is 340 g/mol. The fourth-order valence-electron chi connectivity index (χ4n) is 1.65. The van der Waals surface area contributed by atoms with Crippen LogP contribution in [0.25, 0.3) is 0 Å². The number of nitro benzene ring substituents is 2. The van der Waals surface area contributed by atoms with Gasteiger partial charge >= 0.3 is 11.4 Å². The van der Waals surface area contributed by atoms with E-state index in [1.807, 2.05) is 6.92 Å². The highest BCUT2D eigenvalue weighted by atomic mass is 32.2. The van der Waals surface area contributed by atoms with Gasteiger partial charge in [0, 0.05) is 12.1 Å². The van der Waals surface area contributed by atoms with Crippen molar-refractivity contribution in [1.82, 2.24) is 0 Å². The summed E-state index contributed by atoms with van der Waals surface area (Å²) in [5.41, 5.74) is 0.887. The number of hydrogen-bond donors (Lipinski definition) is 1. The van der Waals surface area contributed by atoms with Gasteiger partial charge in [-0.25, -0.2) is 0 Å². The van der Waals surface area contributed by atoms with Crippen LogP contribution in [-0.4, -0.2) is 22.8 Å². The van der Waals surface area contributed by atoms with Gasteiger partial charge < -0.3 is 0 Å². The molecule has 2 aromatic carbocycles. The second-order valence-corrected chi connectivity index (χ2v) is 6.15. The van der Waals surface area contributed by atoms with Crippen molar-refractivity contribution in [2.75, 3.05) is 0 Å².